The number of hydrogen-bond donors (Lipinski definition) is 1. The van der Waals surface area contributed by atoms with Gasteiger partial charge in [-0.05, 0) is 46.4 Å². The summed E-state index contributed by atoms with van der Waals surface area (Å²) in [6, 6.07) is 6.14. The second-order valence-corrected chi connectivity index (χ2v) is 4.57. The Labute approximate surface area is 91.6 Å². The van der Waals surface area contributed by atoms with Gasteiger partial charge in [0.25, 0.3) is 0 Å². The van der Waals surface area contributed by atoms with Gasteiger partial charge in [-0.2, -0.15) is 0 Å². The molecule has 1 unspecified atom stereocenters. The number of rotatable bonds is 1. The Kier molecular flexibility index (Phi) is 2.92. The van der Waals surface area contributed by atoms with Gasteiger partial charge in [-0.15, -0.1) is 0 Å². The highest BCUT2D eigenvalue weighted by atomic mass is 79.9. The highest BCUT2D eigenvalue weighted by Crippen LogP contribution is 2.33. The van der Waals surface area contributed by atoms with Crippen molar-refractivity contribution in [3.63, 3.8) is 0 Å². The first-order valence-electron chi connectivity index (χ1n) is 4.43. The summed E-state index contributed by atoms with van der Waals surface area (Å²) in [5.74, 6) is 0.588. The van der Waals surface area contributed by atoms with Crippen LogP contribution in [0.3, 0.4) is 0 Å². The summed E-state index contributed by atoms with van der Waals surface area (Å²) in [7, 11) is 0. The molecule has 0 radical (unpaired) electrons. The molecule has 0 aliphatic carbocycles. The number of benzene rings is 1. The van der Waals surface area contributed by atoms with E-state index in [1.807, 2.05) is 12.1 Å². The summed E-state index contributed by atoms with van der Waals surface area (Å²) >= 11 is 9.64. The lowest BCUT2D eigenvalue weighted by Gasteiger charge is -2.11. The Bertz CT molecular complexity index is 308. The lowest BCUT2D eigenvalue weighted by Crippen LogP contribution is -2.08. The van der Waals surface area contributed by atoms with E-state index in [4.69, 9.17) is 11.6 Å². The summed E-state index contributed by atoms with van der Waals surface area (Å²) in [6.45, 7) is 2.16. The molecule has 1 aliphatic rings. The second-order valence-electron chi connectivity index (χ2n) is 3.33. The van der Waals surface area contributed by atoms with Crippen LogP contribution in [0, 0.1) is 0 Å². The van der Waals surface area contributed by atoms with E-state index in [2.05, 4.69) is 27.3 Å². The van der Waals surface area contributed by atoms with Crippen molar-refractivity contribution in [1.82, 2.24) is 5.32 Å². The van der Waals surface area contributed by atoms with Crippen molar-refractivity contribution in [2.24, 2.45) is 0 Å². The highest BCUT2D eigenvalue weighted by Gasteiger charge is 2.19. The highest BCUT2D eigenvalue weighted by molar-refractivity contribution is 9.10. The molecule has 1 fully saturated rings. The molecule has 0 bridgehead atoms. The largest absolute Gasteiger partial charge is 0.316 e. The van der Waals surface area contributed by atoms with Gasteiger partial charge >= 0.3 is 0 Å². The summed E-state index contributed by atoms with van der Waals surface area (Å²) in [6.07, 6.45) is 1.19. The molecule has 1 saturated heterocycles. The zero-order valence-corrected chi connectivity index (χ0v) is 9.53. The first-order chi connectivity index (χ1) is 6.29. The maximum atomic E-state index is 6.20. The first kappa shape index (κ1) is 9.50. The van der Waals surface area contributed by atoms with Crippen molar-refractivity contribution >= 4 is 27.5 Å². The van der Waals surface area contributed by atoms with Gasteiger partial charge in [-0.3, -0.25) is 0 Å². The number of hydrogen-bond acceptors (Lipinski definition) is 1. The van der Waals surface area contributed by atoms with Crippen LogP contribution in [0.5, 0.6) is 0 Å². The van der Waals surface area contributed by atoms with E-state index in [9.17, 15) is 0 Å². The van der Waals surface area contributed by atoms with E-state index in [-0.39, 0.29) is 0 Å². The van der Waals surface area contributed by atoms with Gasteiger partial charge in [-0.1, -0.05) is 23.7 Å². The van der Waals surface area contributed by atoms with Gasteiger partial charge in [0.2, 0.25) is 0 Å². The van der Waals surface area contributed by atoms with E-state index in [1.165, 1.54) is 12.0 Å². The van der Waals surface area contributed by atoms with Crippen LogP contribution >= 0.6 is 27.5 Å². The Morgan fingerprint density at radius 3 is 3.00 bits per heavy atom. The molecule has 0 saturated carbocycles. The van der Waals surface area contributed by atoms with E-state index in [0.717, 1.165) is 22.6 Å². The van der Waals surface area contributed by atoms with E-state index in [0.29, 0.717) is 5.92 Å². The average Bonchev–Trinajstić information content (AvgIpc) is 2.62. The maximum Gasteiger partial charge on any atom is 0.0583 e. The van der Waals surface area contributed by atoms with Crippen LogP contribution in [0.15, 0.2) is 22.7 Å². The summed E-state index contributed by atoms with van der Waals surface area (Å²) in [5.41, 5.74) is 1.26. The van der Waals surface area contributed by atoms with Crippen molar-refractivity contribution in [1.29, 1.82) is 0 Å². The van der Waals surface area contributed by atoms with Crippen LogP contribution in [0.25, 0.3) is 0 Å². The van der Waals surface area contributed by atoms with E-state index in [1.54, 1.807) is 0 Å². The van der Waals surface area contributed by atoms with Gasteiger partial charge in [-0.25, -0.2) is 0 Å². The zero-order valence-electron chi connectivity index (χ0n) is 7.19. The lowest BCUT2D eigenvalue weighted by atomic mass is 9.99. The molecule has 2 rings (SSSR count). The van der Waals surface area contributed by atoms with Gasteiger partial charge < -0.3 is 5.32 Å². The second kappa shape index (κ2) is 3.99. The molecule has 1 atom stereocenters. The van der Waals surface area contributed by atoms with Crippen molar-refractivity contribution in [2.75, 3.05) is 13.1 Å². The summed E-state index contributed by atoms with van der Waals surface area (Å²) < 4.78 is 0.999. The minimum atomic E-state index is 0.588. The smallest absolute Gasteiger partial charge is 0.0583 e. The molecule has 70 valence electrons. The fourth-order valence-corrected chi connectivity index (χ4v) is 2.42. The third kappa shape index (κ3) is 1.90. The Balaban J connectivity index is 2.33. The average molecular weight is 261 g/mol. The topological polar surface area (TPSA) is 12.0 Å². The lowest BCUT2D eigenvalue weighted by molar-refractivity contribution is 0.763. The van der Waals surface area contributed by atoms with Crippen LogP contribution in [0.2, 0.25) is 5.02 Å². The SMILES string of the molecule is Clc1c(Br)cccc1C1CCNC1. The molecule has 1 aliphatic heterocycles. The molecule has 1 heterocycles. The maximum absolute atomic E-state index is 6.20. The van der Waals surface area contributed by atoms with Crippen molar-refractivity contribution in [2.45, 2.75) is 12.3 Å². The molecule has 3 heteroatoms. The van der Waals surface area contributed by atoms with Gasteiger partial charge in [0.05, 0.1) is 5.02 Å². The Morgan fingerprint density at radius 1 is 1.46 bits per heavy atom. The Morgan fingerprint density at radius 2 is 2.31 bits per heavy atom. The van der Waals surface area contributed by atoms with Crippen molar-refractivity contribution in [3.05, 3.63) is 33.3 Å². The van der Waals surface area contributed by atoms with Crippen LogP contribution in [0.4, 0.5) is 0 Å². The molecular formula is C10H11BrClN. The fraction of sp³-hybridized carbons (Fsp3) is 0.400. The minimum Gasteiger partial charge on any atom is -0.316 e. The zero-order chi connectivity index (χ0) is 9.26. The first-order valence-corrected chi connectivity index (χ1v) is 5.61. The minimum absolute atomic E-state index is 0.588. The molecule has 13 heavy (non-hydrogen) atoms. The molecule has 1 N–H and O–H groups in total. The van der Waals surface area contributed by atoms with Crippen LogP contribution in [-0.2, 0) is 0 Å². The normalized spacial score (nSPS) is 22.2. The molecule has 0 amide bonds. The van der Waals surface area contributed by atoms with Crippen molar-refractivity contribution < 1.29 is 0 Å². The summed E-state index contributed by atoms with van der Waals surface area (Å²) in [4.78, 5) is 0. The van der Waals surface area contributed by atoms with Crippen molar-refractivity contribution in [3.8, 4) is 0 Å². The predicted molar refractivity (Wildman–Crippen MR) is 59.4 cm³/mol. The molecule has 0 spiro atoms. The predicted octanol–water partition coefficient (Wildman–Crippen LogP) is 3.18. The standard InChI is InChI=1S/C10H11BrClN/c11-9-3-1-2-8(10(9)12)7-4-5-13-6-7/h1-3,7,13H,4-6H2. The number of nitrogens with one attached hydrogen (secondary N) is 1. The van der Waals surface area contributed by atoms with Crippen LogP contribution < -0.4 is 5.32 Å². The Hall–Kier alpha value is -0.0500. The molecular weight excluding hydrogens is 249 g/mol. The number of halogens is 2. The molecule has 1 aromatic carbocycles. The molecule has 1 aromatic rings. The monoisotopic (exact) mass is 259 g/mol. The van der Waals surface area contributed by atoms with E-state index < -0.39 is 0 Å². The third-order valence-electron chi connectivity index (χ3n) is 2.48. The quantitative estimate of drug-likeness (QED) is 0.818. The molecule has 0 aromatic heterocycles. The van der Waals surface area contributed by atoms with Crippen LogP contribution in [0.1, 0.15) is 17.9 Å². The fourth-order valence-electron chi connectivity index (χ4n) is 1.76. The van der Waals surface area contributed by atoms with Crippen LogP contribution in [-0.4, -0.2) is 13.1 Å². The van der Waals surface area contributed by atoms with Gasteiger partial charge in [0.15, 0.2) is 0 Å². The van der Waals surface area contributed by atoms with Gasteiger partial charge in [0, 0.05) is 11.0 Å². The van der Waals surface area contributed by atoms with E-state index >= 15 is 0 Å². The summed E-state index contributed by atoms with van der Waals surface area (Å²) in [5, 5.41) is 4.22. The third-order valence-corrected chi connectivity index (χ3v) is 3.79. The molecule has 1 nitrogen and oxygen atoms in total. The van der Waals surface area contributed by atoms with Gasteiger partial charge in [0.1, 0.15) is 0 Å².